The Morgan fingerprint density at radius 2 is 1.23 bits per heavy atom. The minimum absolute atomic E-state index is 0.347. The van der Waals surface area contributed by atoms with Crippen LogP contribution in [0, 0.1) is 11.8 Å². The summed E-state index contributed by atoms with van der Waals surface area (Å²) in [6, 6.07) is -4.85. The van der Waals surface area contributed by atoms with Gasteiger partial charge >= 0.3 is 11.9 Å². The van der Waals surface area contributed by atoms with E-state index in [0.29, 0.717) is 25.8 Å². The minimum atomic E-state index is -1.60. The van der Waals surface area contributed by atoms with Crippen molar-refractivity contribution in [3.05, 3.63) is 0 Å². The van der Waals surface area contributed by atoms with Crippen LogP contribution in [-0.2, 0) is 33.6 Å². The van der Waals surface area contributed by atoms with E-state index in [1.807, 2.05) is 0 Å². The van der Waals surface area contributed by atoms with Crippen LogP contribution < -0.4 is 38.1 Å². The first-order valence-electron chi connectivity index (χ1n) is 12.9. The highest BCUT2D eigenvalue weighted by Crippen LogP contribution is 2.08. The lowest BCUT2D eigenvalue weighted by atomic mass is 10.0. The first-order chi connectivity index (χ1) is 18.6. The third-order valence-electron chi connectivity index (χ3n) is 5.67. The van der Waals surface area contributed by atoms with Crippen LogP contribution in [0.4, 0.5) is 0 Å². The van der Waals surface area contributed by atoms with E-state index < -0.39 is 97.0 Å². The van der Waals surface area contributed by atoms with Gasteiger partial charge in [0.1, 0.15) is 24.7 Å². The quantitative estimate of drug-likeness (QED) is 0.0702. The van der Waals surface area contributed by atoms with Crippen LogP contribution in [0.25, 0.3) is 0 Å². The Labute approximate surface area is 232 Å². The molecule has 0 heterocycles. The van der Waals surface area contributed by atoms with Crippen molar-refractivity contribution in [3.8, 4) is 0 Å². The highest BCUT2D eigenvalue weighted by atomic mass is 16.4. The smallest absolute Gasteiger partial charge is 0.322 e. The Kier molecular flexibility index (Phi) is 16.7. The van der Waals surface area contributed by atoms with Gasteiger partial charge in [0, 0.05) is 0 Å². The standard InChI is InChI=1S/C24H43N7O9/c1-12(2)19(23(39)28-10-16(32)27-11-18(35)36)31-22(38)15(9-17(33)34)29-24(40)20(13(3)4)30-21(37)14(26)7-5-6-8-25/h12-15,19-20H,5-11,25-26H2,1-4H3,(H,27,32)(H,28,39)(H,29,40)(H,30,37)(H,31,38)(H,33,34)(H,35,36). The lowest BCUT2D eigenvalue weighted by Crippen LogP contribution is -2.60. The second kappa shape index (κ2) is 18.5. The first kappa shape index (κ1) is 36.2. The SMILES string of the molecule is CC(C)C(NC(=O)C(N)CCCCN)C(=O)NC(CC(=O)O)C(=O)NC(C(=O)NCC(=O)NCC(=O)O)C(C)C. The molecule has 0 aromatic heterocycles. The number of nitrogens with two attached hydrogens (primary N) is 2. The molecule has 0 saturated carbocycles. The Hall–Kier alpha value is -3.79. The van der Waals surface area contributed by atoms with Crippen LogP contribution in [-0.4, -0.2) is 95.5 Å². The summed E-state index contributed by atoms with van der Waals surface area (Å²) < 4.78 is 0. The fourth-order valence-electron chi connectivity index (χ4n) is 3.38. The summed E-state index contributed by atoms with van der Waals surface area (Å²) in [6.45, 7) is 5.69. The van der Waals surface area contributed by atoms with Crippen molar-refractivity contribution >= 4 is 41.5 Å². The van der Waals surface area contributed by atoms with E-state index in [-0.39, 0.29) is 0 Å². The van der Waals surface area contributed by atoms with Crippen molar-refractivity contribution in [2.45, 2.75) is 77.5 Å². The van der Waals surface area contributed by atoms with Gasteiger partial charge in [0.2, 0.25) is 29.5 Å². The molecule has 0 spiro atoms. The Morgan fingerprint density at radius 3 is 1.73 bits per heavy atom. The highest BCUT2D eigenvalue weighted by Gasteiger charge is 2.33. The second-order valence-corrected chi connectivity index (χ2v) is 9.90. The molecule has 40 heavy (non-hydrogen) atoms. The Balaban J connectivity index is 5.46. The molecule has 0 rings (SSSR count). The minimum Gasteiger partial charge on any atom is -0.481 e. The van der Waals surface area contributed by atoms with Gasteiger partial charge < -0.3 is 48.3 Å². The predicted molar refractivity (Wildman–Crippen MR) is 142 cm³/mol. The molecule has 228 valence electrons. The van der Waals surface area contributed by atoms with Crippen LogP contribution in [0.15, 0.2) is 0 Å². The largest absolute Gasteiger partial charge is 0.481 e. The third kappa shape index (κ3) is 14.4. The van der Waals surface area contributed by atoms with Crippen molar-refractivity contribution in [2.24, 2.45) is 23.3 Å². The van der Waals surface area contributed by atoms with Crippen LogP contribution >= 0.6 is 0 Å². The van der Waals surface area contributed by atoms with Crippen molar-refractivity contribution in [1.82, 2.24) is 26.6 Å². The van der Waals surface area contributed by atoms with Crippen molar-refractivity contribution in [3.63, 3.8) is 0 Å². The lowest BCUT2D eigenvalue weighted by molar-refractivity contribution is -0.141. The highest BCUT2D eigenvalue weighted by molar-refractivity contribution is 5.97. The number of hydrogen-bond donors (Lipinski definition) is 9. The van der Waals surface area contributed by atoms with Gasteiger partial charge in [-0.05, 0) is 31.2 Å². The zero-order chi connectivity index (χ0) is 31.0. The summed E-state index contributed by atoms with van der Waals surface area (Å²) in [5, 5.41) is 29.5. The van der Waals surface area contributed by atoms with E-state index in [0.717, 1.165) is 0 Å². The Morgan fingerprint density at radius 1 is 0.675 bits per heavy atom. The molecule has 4 atom stereocenters. The van der Waals surface area contributed by atoms with E-state index in [1.54, 1.807) is 27.7 Å². The maximum Gasteiger partial charge on any atom is 0.322 e. The average molecular weight is 574 g/mol. The van der Waals surface area contributed by atoms with Crippen molar-refractivity contribution in [2.75, 3.05) is 19.6 Å². The van der Waals surface area contributed by atoms with E-state index in [4.69, 9.17) is 16.6 Å². The van der Waals surface area contributed by atoms with Gasteiger partial charge in [-0.15, -0.1) is 0 Å². The van der Waals surface area contributed by atoms with Gasteiger partial charge in [-0.25, -0.2) is 0 Å². The fourth-order valence-corrected chi connectivity index (χ4v) is 3.38. The molecular formula is C24H43N7O9. The van der Waals surface area contributed by atoms with Gasteiger partial charge in [0.05, 0.1) is 19.0 Å². The molecule has 16 heteroatoms. The van der Waals surface area contributed by atoms with Crippen molar-refractivity contribution < 1.29 is 43.8 Å². The number of carboxylic acids is 2. The number of aliphatic carboxylic acids is 2. The number of unbranched alkanes of at least 4 members (excludes halogenated alkanes) is 1. The predicted octanol–water partition coefficient (Wildman–Crippen LogP) is -3.00. The maximum absolute atomic E-state index is 13.0. The van der Waals surface area contributed by atoms with E-state index >= 15 is 0 Å². The number of carboxylic acid groups (broad SMARTS) is 2. The Bertz CT molecular complexity index is 911. The van der Waals surface area contributed by atoms with Gasteiger partial charge in [-0.2, -0.15) is 0 Å². The average Bonchev–Trinajstić information content (AvgIpc) is 2.86. The molecule has 11 N–H and O–H groups in total. The molecule has 0 saturated heterocycles. The van der Waals surface area contributed by atoms with Gasteiger partial charge in [0.15, 0.2) is 0 Å². The van der Waals surface area contributed by atoms with Gasteiger partial charge in [-0.1, -0.05) is 34.1 Å². The molecule has 16 nitrogen and oxygen atoms in total. The summed E-state index contributed by atoms with van der Waals surface area (Å²) in [5.41, 5.74) is 11.3. The molecule has 0 aromatic carbocycles. The van der Waals surface area contributed by atoms with E-state index in [1.165, 1.54) is 0 Å². The van der Waals surface area contributed by atoms with Gasteiger partial charge in [0.25, 0.3) is 0 Å². The summed E-state index contributed by atoms with van der Waals surface area (Å²) in [6.07, 6.45) is 0.814. The number of rotatable bonds is 19. The lowest BCUT2D eigenvalue weighted by Gasteiger charge is -2.27. The molecule has 0 aromatic rings. The first-order valence-corrected chi connectivity index (χ1v) is 12.9. The normalized spacial score (nSPS) is 13.9. The summed E-state index contributed by atoms with van der Waals surface area (Å²) >= 11 is 0. The number of amides is 5. The summed E-state index contributed by atoms with van der Waals surface area (Å²) in [7, 11) is 0. The zero-order valence-corrected chi connectivity index (χ0v) is 23.3. The van der Waals surface area contributed by atoms with E-state index in [9.17, 15) is 38.7 Å². The molecule has 0 bridgehead atoms. The van der Waals surface area contributed by atoms with Crippen LogP contribution in [0.5, 0.6) is 0 Å². The fraction of sp³-hybridized carbons (Fsp3) is 0.708. The molecular weight excluding hydrogens is 530 g/mol. The summed E-state index contributed by atoms with van der Waals surface area (Å²) in [5.74, 6) is -7.60. The summed E-state index contributed by atoms with van der Waals surface area (Å²) in [4.78, 5) is 84.8. The van der Waals surface area contributed by atoms with Crippen LogP contribution in [0.2, 0.25) is 0 Å². The number of carbonyl (C=O) groups excluding carboxylic acids is 5. The molecule has 0 aliphatic rings. The van der Waals surface area contributed by atoms with Gasteiger partial charge in [-0.3, -0.25) is 33.6 Å². The topological polar surface area (TPSA) is 272 Å². The monoisotopic (exact) mass is 573 g/mol. The molecule has 4 unspecified atom stereocenters. The third-order valence-corrected chi connectivity index (χ3v) is 5.67. The maximum atomic E-state index is 13.0. The van der Waals surface area contributed by atoms with Crippen LogP contribution in [0.3, 0.4) is 0 Å². The van der Waals surface area contributed by atoms with E-state index in [2.05, 4.69) is 26.6 Å². The van der Waals surface area contributed by atoms with Crippen LogP contribution in [0.1, 0.15) is 53.4 Å². The number of nitrogens with one attached hydrogen (secondary N) is 5. The second-order valence-electron chi connectivity index (χ2n) is 9.90. The molecule has 0 fully saturated rings. The molecule has 0 aliphatic heterocycles. The number of carbonyl (C=O) groups is 7. The number of hydrogen-bond acceptors (Lipinski definition) is 9. The molecule has 0 radical (unpaired) electrons. The molecule has 0 aliphatic carbocycles. The zero-order valence-electron chi connectivity index (χ0n) is 23.3. The van der Waals surface area contributed by atoms with Crippen molar-refractivity contribution in [1.29, 1.82) is 0 Å². The molecule has 5 amide bonds.